The summed E-state index contributed by atoms with van der Waals surface area (Å²) in [6.07, 6.45) is 2.51. The maximum atomic E-state index is 12.2. The largest absolute Gasteiger partial charge is 0.356 e. The summed E-state index contributed by atoms with van der Waals surface area (Å²) in [5, 5.41) is 9.28. The molecule has 3 N–H and O–H groups in total. The second-order valence-corrected chi connectivity index (χ2v) is 8.05. The van der Waals surface area contributed by atoms with E-state index in [0.29, 0.717) is 19.4 Å². The van der Waals surface area contributed by atoms with Crippen molar-refractivity contribution in [1.29, 1.82) is 0 Å². The summed E-state index contributed by atoms with van der Waals surface area (Å²) < 4.78 is 0. The van der Waals surface area contributed by atoms with E-state index in [1.807, 2.05) is 36.4 Å². The van der Waals surface area contributed by atoms with Gasteiger partial charge in [-0.1, -0.05) is 60.7 Å². The maximum Gasteiger partial charge on any atom is 0.223 e. The molecule has 1 aliphatic rings. The van der Waals surface area contributed by atoms with E-state index >= 15 is 0 Å². The van der Waals surface area contributed by atoms with Crippen molar-refractivity contribution in [3.05, 3.63) is 71.8 Å². The van der Waals surface area contributed by atoms with Gasteiger partial charge >= 0.3 is 0 Å². The second kappa shape index (κ2) is 10.9. The second-order valence-electron chi connectivity index (χ2n) is 6.96. The van der Waals surface area contributed by atoms with Gasteiger partial charge in [-0.2, -0.15) is 0 Å². The number of carbonyl (C=O) groups is 2. The average molecular weight is 398 g/mol. The summed E-state index contributed by atoms with van der Waals surface area (Å²) in [6.45, 7) is 0.652. The Morgan fingerprint density at radius 2 is 1.71 bits per heavy atom. The van der Waals surface area contributed by atoms with Gasteiger partial charge in [-0.25, -0.2) is 0 Å². The summed E-state index contributed by atoms with van der Waals surface area (Å²) in [4.78, 5) is 24.2. The fourth-order valence-corrected chi connectivity index (χ4v) is 4.23. The third-order valence-corrected chi connectivity index (χ3v) is 5.70. The molecule has 2 aromatic carbocycles. The van der Waals surface area contributed by atoms with Gasteiger partial charge in [0.25, 0.3) is 0 Å². The molecule has 3 rings (SSSR count). The monoisotopic (exact) mass is 397 g/mol. The van der Waals surface area contributed by atoms with Crippen molar-refractivity contribution in [2.75, 3.05) is 6.54 Å². The topological polar surface area (TPSA) is 70.2 Å². The first kappa shape index (κ1) is 20.4. The van der Waals surface area contributed by atoms with Crippen LogP contribution in [-0.2, 0) is 21.8 Å². The number of carbonyl (C=O) groups excluding carboxylic acids is 2. The molecule has 28 heavy (non-hydrogen) atoms. The molecule has 2 unspecified atom stereocenters. The van der Waals surface area contributed by atoms with Crippen molar-refractivity contribution in [1.82, 2.24) is 16.0 Å². The summed E-state index contributed by atoms with van der Waals surface area (Å²) in [7, 11) is 0. The smallest absolute Gasteiger partial charge is 0.223 e. The molecule has 0 aromatic heterocycles. The zero-order valence-corrected chi connectivity index (χ0v) is 16.7. The molecule has 1 heterocycles. The van der Waals surface area contributed by atoms with Crippen LogP contribution in [0.2, 0.25) is 0 Å². The van der Waals surface area contributed by atoms with Crippen LogP contribution in [0.15, 0.2) is 60.7 Å². The van der Waals surface area contributed by atoms with Crippen molar-refractivity contribution in [2.45, 2.75) is 43.0 Å². The van der Waals surface area contributed by atoms with Crippen LogP contribution in [0.5, 0.6) is 0 Å². The highest BCUT2D eigenvalue weighted by Gasteiger charge is 2.27. The van der Waals surface area contributed by atoms with Gasteiger partial charge in [-0.05, 0) is 24.0 Å². The maximum absolute atomic E-state index is 12.2. The molecule has 0 spiro atoms. The van der Waals surface area contributed by atoms with Crippen LogP contribution in [0.4, 0.5) is 0 Å². The van der Waals surface area contributed by atoms with Gasteiger partial charge in [0.2, 0.25) is 11.8 Å². The highest BCUT2D eigenvalue weighted by atomic mass is 32.2. The minimum atomic E-state index is -0.169. The van der Waals surface area contributed by atoms with E-state index in [-0.39, 0.29) is 23.4 Å². The molecule has 148 valence electrons. The number of rotatable bonds is 9. The van der Waals surface area contributed by atoms with Gasteiger partial charge in [-0.3, -0.25) is 14.9 Å². The summed E-state index contributed by atoms with van der Waals surface area (Å²) in [5.74, 6) is 0.787. The molecule has 1 saturated heterocycles. The standard InChI is InChI=1S/C22H27N3O2S/c26-20(23-13-7-12-17-8-3-1-4-9-17)14-19-15-21(27)25-22(24-19)28-16-18-10-5-2-6-11-18/h1-6,8-11,19,22,24H,7,12-16H2,(H,23,26)(H,25,27). The molecule has 0 saturated carbocycles. The summed E-state index contributed by atoms with van der Waals surface area (Å²) in [5.41, 5.74) is 2.32. The van der Waals surface area contributed by atoms with Crippen molar-refractivity contribution >= 4 is 23.6 Å². The molecule has 6 heteroatoms. The molecule has 0 radical (unpaired) electrons. The molecular weight excluding hydrogens is 370 g/mol. The Balaban J connectivity index is 1.36. The number of hydrogen-bond donors (Lipinski definition) is 3. The number of benzene rings is 2. The zero-order valence-electron chi connectivity index (χ0n) is 15.9. The molecule has 5 nitrogen and oxygen atoms in total. The molecule has 0 bridgehead atoms. The van der Waals surface area contributed by atoms with Crippen LogP contribution in [0, 0.1) is 0 Å². The van der Waals surface area contributed by atoms with Gasteiger partial charge in [0.15, 0.2) is 0 Å². The van der Waals surface area contributed by atoms with E-state index in [2.05, 4.69) is 40.2 Å². The zero-order chi connectivity index (χ0) is 19.6. The molecular formula is C22H27N3O2S. The summed E-state index contributed by atoms with van der Waals surface area (Å²) in [6, 6.07) is 20.3. The van der Waals surface area contributed by atoms with E-state index in [4.69, 9.17) is 0 Å². The van der Waals surface area contributed by atoms with Crippen LogP contribution in [0.3, 0.4) is 0 Å². The number of aryl methyl sites for hydroxylation is 1. The molecule has 1 aliphatic heterocycles. The molecule has 1 fully saturated rings. The van der Waals surface area contributed by atoms with Gasteiger partial charge in [0.1, 0.15) is 5.50 Å². The number of thioether (sulfide) groups is 1. The van der Waals surface area contributed by atoms with Crippen LogP contribution < -0.4 is 16.0 Å². The first-order chi connectivity index (χ1) is 13.7. The van der Waals surface area contributed by atoms with E-state index in [9.17, 15) is 9.59 Å². The SMILES string of the molecule is O=C(CC1CC(=O)NC(SCc2ccccc2)N1)NCCCc1ccccc1. The van der Waals surface area contributed by atoms with Crippen molar-refractivity contribution in [3.63, 3.8) is 0 Å². The van der Waals surface area contributed by atoms with E-state index in [0.717, 1.165) is 18.6 Å². The van der Waals surface area contributed by atoms with E-state index < -0.39 is 0 Å². The fourth-order valence-electron chi connectivity index (χ4n) is 3.18. The van der Waals surface area contributed by atoms with Crippen LogP contribution in [0.1, 0.15) is 30.4 Å². The molecule has 2 atom stereocenters. The minimum absolute atomic E-state index is 0.00734. The summed E-state index contributed by atoms with van der Waals surface area (Å²) >= 11 is 1.63. The molecule has 0 aliphatic carbocycles. The van der Waals surface area contributed by atoms with Crippen LogP contribution in [0.25, 0.3) is 0 Å². The van der Waals surface area contributed by atoms with Crippen molar-refractivity contribution in [3.8, 4) is 0 Å². The quantitative estimate of drug-likeness (QED) is 0.569. The Morgan fingerprint density at radius 1 is 1.04 bits per heavy atom. The fraction of sp³-hybridized carbons (Fsp3) is 0.364. The van der Waals surface area contributed by atoms with E-state index in [1.54, 1.807) is 11.8 Å². The lowest BCUT2D eigenvalue weighted by atomic mass is 10.1. The predicted molar refractivity (Wildman–Crippen MR) is 114 cm³/mol. The van der Waals surface area contributed by atoms with Crippen LogP contribution >= 0.6 is 11.8 Å². The third-order valence-electron chi connectivity index (χ3n) is 4.61. The normalized spacial score (nSPS) is 19.1. The average Bonchev–Trinajstić information content (AvgIpc) is 2.71. The van der Waals surface area contributed by atoms with Crippen molar-refractivity contribution in [2.24, 2.45) is 0 Å². The lowest BCUT2D eigenvalue weighted by molar-refractivity contribution is -0.125. The van der Waals surface area contributed by atoms with Crippen LogP contribution in [-0.4, -0.2) is 29.9 Å². The highest BCUT2D eigenvalue weighted by Crippen LogP contribution is 2.18. The highest BCUT2D eigenvalue weighted by molar-refractivity contribution is 7.99. The Labute approximate surface area is 170 Å². The number of nitrogens with one attached hydrogen (secondary N) is 3. The van der Waals surface area contributed by atoms with Gasteiger partial charge < -0.3 is 10.6 Å². The first-order valence-corrected chi connectivity index (χ1v) is 10.8. The predicted octanol–water partition coefficient (Wildman–Crippen LogP) is 2.82. The van der Waals surface area contributed by atoms with E-state index in [1.165, 1.54) is 11.1 Å². The number of hydrogen-bond acceptors (Lipinski definition) is 4. The van der Waals surface area contributed by atoms with Gasteiger partial charge in [-0.15, -0.1) is 11.8 Å². The van der Waals surface area contributed by atoms with Gasteiger partial charge in [0, 0.05) is 31.2 Å². The Bertz CT molecular complexity index is 755. The first-order valence-electron chi connectivity index (χ1n) is 9.70. The lowest BCUT2D eigenvalue weighted by Crippen LogP contribution is -2.55. The Morgan fingerprint density at radius 3 is 2.43 bits per heavy atom. The third kappa shape index (κ3) is 7.02. The minimum Gasteiger partial charge on any atom is -0.356 e. The van der Waals surface area contributed by atoms with Gasteiger partial charge in [0.05, 0.1) is 0 Å². The number of amides is 2. The Hall–Kier alpha value is -2.31. The molecule has 2 aromatic rings. The van der Waals surface area contributed by atoms with Crippen molar-refractivity contribution < 1.29 is 9.59 Å². The Kier molecular flexibility index (Phi) is 7.94. The lowest BCUT2D eigenvalue weighted by Gasteiger charge is -2.31. The molecule has 2 amide bonds.